The number of nitrogens with zero attached hydrogens (tertiary/aromatic N) is 1. The van der Waals surface area contributed by atoms with Gasteiger partial charge in [0, 0.05) is 18.0 Å². The van der Waals surface area contributed by atoms with Crippen LogP contribution in [0, 0.1) is 0 Å². The molecule has 0 saturated heterocycles. The smallest absolute Gasteiger partial charge is 0.327 e. The minimum Gasteiger partial charge on any atom is -0.468 e. The molecule has 14 heavy (non-hydrogen) atoms. The number of rotatable bonds is 2. The number of methoxy groups -OCH3 is 1. The maximum absolute atomic E-state index is 11.1. The monoisotopic (exact) mass is 234 g/mol. The van der Waals surface area contributed by atoms with E-state index in [1.807, 2.05) is 0 Å². The van der Waals surface area contributed by atoms with Crippen molar-refractivity contribution in [3.63, 3.8) is 0 Å². The van der Waals surface area contributed by atoms with E-state index in [0.717, 1.165) is 0 Å². The van der Waals surface area contributed by atoms with E-state index >= 15 is 0 Å². The van der Waals surface area contributed by atoms with Crippen LogP contribution in [-0.4, -0.2) is 18.1 Å². The molecule has 0 aliphatic heterocycles. The second-order valence-electron chi connectivity index (χ2n) is 2.52. The normalized spacial score (nSPS) is 12.3. The molecule has 0 spiro atoms. The molecule has 1 aromatic rings. The third-order valence-electron chi connectivity index (χ3n) is 1.66. The van der Waals surface area contributed by atoms with Crippen LogP contribution in [0.3, 0.4) is 0 Å². The first-order valence-corrected chi connectivity index (χ1v) is 4.45. The predicted molar refractivity (Wildman–Crippen MR) is 53.2 cm³/mol. The fraction of sp³-hybridized carbons (Fsp3) is 0.250. The SMILES string of the molecule is COC(=O)[C@H](N)c1c(Cl)cncc1Cl. The highest BCUT2D eigenvalue weighted by atomic mass is 35.5. The number of carbonyl (C=O) groups is 1. The number of hydrogen-bond donors (Lipinski definition) is 1. The summed E-state index contributed by atoms with van der Waals surface area (Å²) in [5.74, 6) is -0.597. The van der Waals surface area contributed by atoms with E-state index < -0.39 is 12.0 Å². The Balaban J connectivity index is 3.11. The summed E-state index contributed by atoms with van der Waals surface area (Å²) in [6.07, 6.45) is 2.73. The van der Waals surface area contributed by atoms with Gasteiger partial charge in [-0.1, -0.05) is 23.2 Å². The Hall–Kier alpha value is -0.840. The minimum atomic E-state index is -0.983. The van der Waals surface area contributed by atoms with Gasteiger partial charge >= 0.3 is 5.97 Å². The zero-order valence-electron chi connectivity index (χ0n) is 7.33. The molecule has 0 aliphatic rings. The van der Waals surface area contributed by atoms with Gasteiger partial charge in [-0.3, -0.25) is 9.78 Å². The summed E-state index contributed by atoms with van der Waals surface area (Å²) in [5.41, 5.74) is 5.91. The second kappa shape index (κ2) is 4.59. The molecule has 0 unspecified atom stereocenters. The van der Waals surface area contributed by atoms with E-state index in [4.69, 9.17) is 28.9 Å². The molecule has 1 atom stereocenters. The highest BCUT2D eigenvalue weighted by Gasteiger charge is 2.22. The molecule has 1 rings (SSSR count). The van der Waals surface area contributed by atoms with E-state index in [0.29, 0.717) is 5.56 Å². The third kappa shape index (κ3) is 2.15. The lowest BCUT2D eigenvalue weighted by molar-refractivity contribution is -0.142. The molecule has 0 bridgehead atoms. The third-order valence-corrected chi connectivity index (χ3v) is 2.26. The summed E-state index contributed by atoms with van der Waals surface area (Å²) in [7, 11) is 1.24. The number of pyridine rings is 1. The topological polar surface area (TPSA) is 65.2 Å². The van der Waals surface area contributed by atoms with Gasteiger partial charge in [0.15, 0.2) is 0 Å². The average molecular weight is 235 g/mol. The number of carbonyl (C=O) groups excluding carboxylic acids is 1. The Labute approximate surface area is 91.0 Å². The molecule has 0 saturated carbocycles. The average Bonchev–Trinajstić information content (AvgIpc) is 2.16. The Bertz CT molecular complexity index is 337. The zero-order chi connectivity index (χ0) is 10.7. The highest BCUT2D eigenvalue weighted by molar-refractivity contribution is 6.36. The van der Waals surface area contributed by atoms with Crippen LogP contribution in [0.25, 0.3) is 0 Å². The lowest BCUT2D eigenvalue weighted by Crippen LogP contribution is -2.23. The van der Waals surface area contributed by atoms with Crippen molar-refractivity contribution >= 4 is 29.2 Å². The van der Waals surface area contributed by atoms with Gasteiger partial charge in [0.05, 0.1) is 17.2 Å². The van der Waals surface area contributed by atoms with Crippen LogP contribution in [0.1, 0.15) is 11.6 Å². The van der Waals surface area contributed by atoms with Crippen molar-refractivity contribution in [1.29, 1.82) is 0 Å². The van der Waals surface area contributed by atoms with Gasteiger partial charge in [0.2, 0.25) is 0 Å². The summed E-state index contributed by atoms with van der Waals surface area (Å²) in [4.78, 5) is 14.9. The number of nitrogens with two attached hydrogens (primary N) is 1. The molecule has 0 fully saturated rings. The van der Waals surface area contributed by atoms with Crippen molar-refractivity contribution in [3.8, 4) is 0 Å². The van der Waals surface area contributed by atoms with Crippen LogP contribution in [0.2, 0.25) is 10.0 Å². The van der Waals surface area contributed by atoms with Crippen LogP contribution >= 0.6 is 23.2 Å². The Morgan fingerprint density at radius 3 is 2.43 bits per heavy atom. The van der Waals surface area contributed by atoms with Crippen molar-refractivity contribution in [2.24, 2.45) is 5.73 Å². The lowest BCUT2D eigenvalue weighted by atomic mass is 10.1. The summed E-state index contributed by atoms with van der Waals surface area (Å²) in [5, 5.41) is 0.491. The van der Waals surface area contributed by atoms with Gasteiger partial charge < -0.3 is 10.5 Å². The molecule has 0 radical (unpaired) electrons. The van der Waals surface area contributed by atoms with Gasteiger partial charge in [-0.25, -0.2) is 0 Å². The van der Waals surface area contributed by atoms with E-state index in [1.165, 1.54) is 19.5 Å². The summed E-state index contributed by atoms with van der Waals surface area (Å²) in [6.45, 7) is 0. The van der Waals surface area contributed by atoms with Crippen LogP contribution in [0.5, 0.6) is 0 Å². The van der Waals surface area contributed by atoms with Gasteiger partial charge in [-0.15, -0.1) is 0 Å². The van der Waals surface area contributed by atoms with Gasteiger partial charge in [-0.2, -0.15) is 0 Å². The number of aromatic nitrogens is 1. The largest absolute Gasteiger partial charge is 0.468 e. The van der Waals surface area contributed by atoms with Crippen molar-refractivity contribution in [3.05, 3.63) is 28.0 Å². The van der Waals surface area contributed by atoms with E-state index in [9.17, 15) is 4.79 Å². The van der Waals surface area contributed by atoms with E-state index in [1.54, 1.807) is 0 Å². The van der Waals surface area contributed by atoms with Gasteiger partial charge in [-0.05, 0) is 0 Å². The first-order valence-electron chi connectivity index (χ1n) is 3.70. The number of halogens is 2. The molecule has 76 valence electrons. The summed E-state index contributed by atoms with van der Waals surface area (Å²) >= 11 is 11.6. The predicted octanol–water partition coefficient (Wildman–Crippen LogP) is 1.56. The molecule has 1 aromatic heterocycles. The quantitative estimate of drug-likeness (QED) is 0.790. The molecule has 1 heterocycles. The van der Waals surface area contributed by atoms with Crippen molar-refractivity contribution in [2.75, 3.05) is 7.11 Å². The lowest BCUT2D eigenvalue weighted by Gasteiger charge is -2.12. The Morgan fingerprint density at radius 2 is 2.00 bits per heavy atom. The van der Waals surface area contributed by atoms with E-state index in [2.05, 4.69) is 9.72 Å². The number of hydrogen-bond acceptors (Lipinski definition) is 4. The van der Waals surface area contributed by atoms with Crippen molar-refractivity contribution < 1.29 is 9.53 Å². The van der Waals surface area contributed by atoms with Crippen LogP contribution < -0.4 is 5.73 Å². The molecule has 0 aromatic carbocycles. The van der Waals surface area contributed by atoms with Crippen molar-refractivity contribution in [1.82, 2.24) is 4.98 Å². The Morgan fingerprint density at radius 1 is 1.50 bits per heavy atom. The van der Waals surface area contributed by atoms with Crippen LogP contribution in [-0.2, 0) is 9.53 Å². The highest BCUT2D eigenvalue weighted by Crippen LogP contribution is 2.28. The number of ether oxygens (including phenoxy) is 1. The van der Waals surface area contributed by atoms with Crippen molar-refractivity contribution in [2.45, 2.75) is 6.04 Å². The molecule has 0 aliphatic carbocycles. The fourth-order valence-corrected chi connectivity index (χ4v) is 1.56. The first kappa shape index (κ1) is 11.2. The van der Waals surface area contributed by atoms with Crippen LogP contribution in [0.4, 0.5) is 0 Å². The van der Waals surface area contributed by atoms with Crippen LogP contribution in [0.15, 0.2) is 12.4 Å². The molecular weight excluding hydrogens is 227 g/mol. The zero-order valence-corrected chi connectivity index (χ0v) is 8.84. The maximum atomic E-state index is 11.1. The van der Waals surface area contributed by atoms with E-state index in [-0.39, 0.29) is 10.0 Å². The summed E-state index contributed by atoms with van der Waals surface area (Å²) in [6, 6.07) is -0.983. The fourth-order valence-electron chi connectivity index (χ4n) is 0.963. The maximum Gasteiger partial charge on any atom is 0.327 e. The molecule has 0 amide bonds. The standard InChI is InChI=1S/C8H8Cl2N2O2/c1-14-8(13)7(11)6-4(9)2-12-3-5(6)10/h2-3,7H,11H2,1H3/t7-/m1/s1. The Kier molecular flexibility index (Phi) is 3.69. The molecule has 6 heteroatoms. The van der Waals surface area contributed by atoms with Gasteiger partial charge in [0.1, 0.15) is 6.04 Å². The van der Waals surface area contributed by atoms with Gasteiger partial charge in [0.25, 0.3) is 0 Å². The second-order valence-corrected chi connectivity index (χ2v) is 3.33. The molecule has 2 N–H and O–H groups in total. The summed E-state index contributed by atoms with van der Waals surface area (Å²) < 4.78 is 4.47. The molecule has 4 nitrogen and oxygen atoms in total. The minimum absolute atomic E-state index is 0.246. The first-order chi connectivity index (χ1) is 6.57. The number of esters is 1. The molecular formula is C8H8Cl2N2O2.